The van der Waals surface area contributed by atoms with Crippen molar-refractivity contribution in [3.63, 3.8) is 0 Å². The van der Waals surface area contributed by atoms with Gasteiger partial charge >= 0.3 is 0 Å². The van der Waals surface area contributed by atoms with E-state index in [-0.39, 0.29) is 11.5 Å². The molecule has 1 heterocycles. The summed E-state index contributed by atoms with van der Waals surface area (Å²) in [6, 6.07) is 4.49. The maximum Gasteiger partial charge on any atom is 0.246 e. The van der Waals surface area contributed by atoms with Crippen LogP contribution in [0.1, 0.15) is 12.5 Å². The van der Waals surface area contributed by atoms with Crippen molar-refractivity contribution < 1.29 is 14.1 Å². The van der Waals surface area contributed by atoms with Crippen LogP contribution in [0.2, 0.25) is 5.02 Å². The van der Waals surface area contributed by atoms with Crippen LogP contribution < -0.4 is 4.90 Å². The molecule has 5 heteroatoms. The van der Waals surface area contributed by atoms with E-state index in [0.29, 0.717) is 5.02 Å². The van der Waals surface area contributed by atoms with Gasteiger partial charge in [0.2, 0.25) is 5.91 Å². The van der Waals surface area contributed by atoms with E-state index >= 15 is 0 Å². The Labute approximate surface area is 123 Å². The number of hydrogen-bond acceptors (Lipinski definition) is 1. The number of nitrogens with one attached hydrogen (secondary N) is 1. The van der Waals surface area contributed by atoms with Crippen LogP contribution in [0, 0.1) is 5.82 Å². The number of carbonyl (C=O) groups excluding carboxylic acids is 1. The van der Waals surface area contributed by atoms with Gasteiger partial charge in [-0.1, -0.05) is 17.7 Å². The Hall–Kier alpha value is -1.39. The van der Waals surface area contributed by atoms with Crippen molar-refractivity contribution in [2.75, 3.05) is 32.7 Å². The molecule has 1 fully saturated rings. The van der Waals surface area contributed by atoms with Crippen molar-refractivity contribution in [3.05, 3.63) is 40.7 Å². The van der Waals surface area contributed by atoms with Crippen molar-refractivity contribution in [2.24, 2.45) is 0 Å². The summed E-state index contributed by atoms with van der Waals surface area (Å²) in [5, 5.41) is 0.314. The normalized spacial score (nSPS) is 16.9. The predicted molar refractivity (Wildman–Crippen MR) is 78.3 cm³/mol. The molecule has 1 N–H and O–H groups in total. The van der Waals surface area contributed by atoms with Crippen LogP contribution >= 0.6 is 11.6 Å². The van der Waals surface area contributed by atoms with E-state index in [4.69, 9.17) is 11.6 Å². The number of benzene rings is 1. The van der Waals surface area contributed by atoms with Crippen molar-refractivity contribution in [1.29, 1.82) is 0 Å². The third-order valence-electron chi connectivity index (χ3n) is 3.67. The van der Waals surface area contributed by atoms with Gasteiger partial charge in [-0.15, -0.1) is 0 Å². The van der Waals surface area contributed by atoms with Crippen LogP contribution in [0.4, 0.5) is 4.39 Å². The van der Waals surface area contributed by atoms with Crippen molar-refractivity contribution in [1.82, 2.24) is 4.90 Å². The Kier molecular flexibility index (Phi) is 5.15. The second-order valence-corrected chi connectivity index (χ2v) is 5.30. The highest BCUT2D eigenvalue weighted by molar-refractivity contribution is 6.32. The van der Waals surface area contributed by atoms with E-state index < -0.39 is 5.82 Å². The predicted octanol–water partition coefficient (Wildman–Crippen LogP) is 1.24. The van der Waals surface area contributed by atoms with Crippen molar-refractivity contribution >= 4 is 23.6 Å². The standard InChI is InChI=1S/C15H18ClFN2O/c1-2-18-8-10-19(11-9-18)15(20)7-6-12-13(16)4-3-5-14(12)17/h3-7H,2,8-11H2,1H3/p+1/b7-6-. The van der Waals surface area contributed by atoms with Crippen molar-refractivity contribution in [2.45, 2.75) is 6.92 Å². The first-order chi connectivity index (χ1) is 9.61. The molecule has 1 aromatic carbocycles. The number of likely N-dealkylation sites (N-methyl/N-ethyl adjacent to an activating group) is 1. The zero-order valence-electron chi connectivity index (χ0n) is 11.5. The lowest BCUT2D eigenvalue weighted by molar-refractivity contribution is -0.902. The van der Waals surface area contributed by atoms with Gasteiger partial charge in [-0.25, -0.2) is 4.39 Å². The molecule has 0 aliphatic carbocycles. The fraction of sp³-hybridized carbons (Fsp3) is 0.400. The minimum absolute atomic E-state index is 0.0838. The zero-order chi connectivity index (χ0) is 14.5. The van der Waals surface area contributed by atoms with E-state index in [9.17, 15) is 9.18 Å². The number of quaternary nitrogens is 1. The van der Waals surface area contributed by atoms with Gasteiger partial charge in [0.25, 0.3) is 0 Å². The summed E-state index contributed by atoms with van der Waals surface area (Å²) in [6.45, 7) is 6.66. The summed E-state index contributed by atoms with van der Waals surface area (Å²) in [5.41, 5.74) is 0.264. The van der Waals surface area contributed by atoms with Crippen LogP contribution in [-0.2, 0) is 4.79 Å². The molecule has 1 aliphatic rings. The Morgan fingerprint density at radius 1 is 1.45 bits per heavy atom. The maximum atomic E-state index is 13.6. The first-order valence-corrected chi connectivity index (χ1v) is 7.24. The summed E-state index contributed by atoms with van der Waals surface area (Å²) in [4.78, 5) is 15.4. The highest BCUT2D eigenvalue weighted by Gasteiger charge is 2.20. The van der Waals surface area contributed by atoms with Crippen molar-refractivity contribution in [3.8, 4) is 0 Å². The molecule has 1 saturated heterocycles. The molecule has 3 nitrogen and oxygen atoms in total. The van der Waals surface area contributed by atoms with E-state index in [1.807, 2.05) is 0 Å². The molecule has 20 heavy (non-hydrogen) atoms. The number of halogens is 2. The SMILES string of the molecule is CC[NH+]1CCN(C(=O)/C=C\c2c(F)cccc2Cl)CC1. The zero-order valence-corrected chi connectivity index (χ0v) is 12.3. The molecule has 108 valence electrons. The van der Waals surface area contributed by atoms with Gasteiger partial charge in [0.1, 0.15) is 5.82 Å². The summed E-state index contributed by atoms with van der Waals surface area (Å²) >= 11 is 5.92. The van der Waals surface area contributed by atoms with Gasteiger partial charge in [-0.2, -0.15) is 0 Å². The molecule has 1 aromatic rings. The monoisotopic (exact) mass is 297 g/mol. The molecule has 1 aliphatic heterocycles. The Morgan fingerprint density at radius 2 is 2.15 bits per heavy atom. The molecular weight excluding hydrogens is 279 g/mol. The summed E-state index contributed by atoms with van der Waals surface area (Å²) in [5.74, 6) is -0.499. The molecule has 0 unspecified atom stereocenters. The average Bonchev–Trinajstić information content (AvgIpc) is 2.46. The molecule has 1 amide bonds. The topological polar surface area (TPSA) is 24.8 Å². The summed E-state index contributed by atoms with van der Waals surface area (Å²) in [7, 11) is 0. The fourth-order valence-electron chi connectivity index (χ4n) is 2.33. The minimum atomic E-state index is -0.415. The highest BCUT2D eigenvalue weighted by atomic mass is 35.5. The lowest BCUT2D eigenvalue weighted by Gasteiger charge is -2.30. The number of piperazine rings is 1. The van der Waals surface area contributed by atoms with Gasteiger partial charge in [-0.3, -0.25) is 4.79 Å². The Balaban J connectivity index is 2.00. The molecule has 0 bridgehead atoms. The van der Waals surface area contributed by atoms with E-state index in [1.54, 1.807) is 17.0 Å². The number of rotatable bonds is 3. The van der Waals surface area contributed by atoms with Gasteiger partial charge in [-0.05, 0) is 25.1 Å². The van der Waals surface area contributed by atoms with Gasteiger partial charge in [0, 0.05) is 11.6 Å². The number of amides is 1. The summed E-state index contributed by atoms with van der Waals surface area (Å²) in [6.07, 6.45) is 2.86. The molecule has 0 saturated carbocycles. The highest BCUT2D eigenvalue weighted by Crippen LogP contribution is 2.20. The van der Waals surface area contributed by atoms with Gasteiger partial charge in [0.05, 0.1) is 37.7 Å². The Morgan fingerprint density at radius 3 is 2.75 bits per heavy atom. The van der Waals surface area contributed by atoms with E-state index in [0.717, 1.165) is 32.7 Å². The molecule has 0 atom stereocenters. The largest absolute Gasteiger partial charge is 0.332 e. The second-order valence-electron chi connectivity index (χ2n) is 4.90. The molecule has 0 aromatic heterocycles. The third-order valence-corrected chi connectivity index (χ3v) is 4.00. The smallest absolute Gasteiger partial charge is 0.246 e. The van der Waals surface area contributed by atoms with Gasteiger partial charge in [0.15, 0.2) is 0 Å². The molecule has 0 radical (unpaired) electrons. The lowest BCUT2D eigenvalue weighted by atomic mass is 10.2. The average molecular weight is 298 g/mol. The maximum absolute atomic E-state index is 13.6. The lowest BCUT2D eigenvalue weighted by Crippen LogP contribution is -3.14. The van der Waals surface area contributed by atoms with Gasteiger partial charge < -0.3 is 9.80 Å². The third kappa shape index (κ3) is 3.58. The second kappa shape index (κ2) is 6.86. The molecule has 2 rings (SSSR count). The minimum Gasteiger partial charge on any atom is -0.332 e. The van der Waals surface area contributed by atoms with Crippen LogP contribution in [-0.4, -0.2) is 43.5 Å². The fourth-order valence-corrected chi connectivity index (χ4v) is 2.55. The number of carbonyl (C=O) groups is 1. The van der Waals surface area contributed by atoms with E-state index in [2.05, 4.69) is 6.92 Å². The van der Waals surface area contributed by atoms with Crippen LogP contribution in [0.15, 0.2) is 24.3 Å². The van der Waals surface area contributed by atoms with Crippen LogP contribution in [0.5, 0.6) is 0 Å². The quantitative estimate of drug-likeness (QED) is 0.834. The Bertz CT molecular complexity index is 490. The first kappa shape index (κ1) is 15.0. The van der Waals surface area contributed by atoms with Crippen LogP contribution in [0.3, 0.4) is 0 Å². The molecule has 0 spiro atoms. The number of hydrogen-bond donors (Lipinski definition) is 1. The first-order valence-electron chi connectivity index (χ1n) is 6.86. The summed E-state index contributed by atoms with van der Waals surface area (Å²) < 4.78 is 13.6. The molecular formula is C15H19ClFN2O+. The van der Waals surface area contributed by atoms with Crippen LogP contribution in [0.25, 0.3) is 6.08 Å². The number of nitrogens with zero attached hydrogens (tertiary/aromatic N) is 1. The van der Waals surface area contributed by atoms with E-state index in [1.165, 1.54) is 23.1 Å².